The van der Waals surface area contributed by atoms with Gasteiger partial charge in [-0.05, 0) is 32.3 Å². The number of rotatable bonds is 3. The Hall–Kier alpha value is -1.78. The number of hydrogen-bond donors (Lipinski definition) is 2. The lowest BCUT2D eigenvalue weighted by atomic mass is 10.1. The standard InChI is InChI=1S/C14H22N4O/c1-4-11-5-6-18(8-11)12-7-9(2)16-10(3)13(12)14(15)17-19/h7,11,19H,4-6,8H2,1-3H3,(H2,15,17). The molecule has 104 valence electrons. The molecule has 1 aliphatic rings. The Bertz CT molecular complexity index is 498. The molecular formula is C14H22N4O. The maximum absolute atomic E-state index is 8.96. The molecule has 0 aromatic carbocycles. The summed E-state index contributed by atoms with van der Waals surface area (Å²) in [6, 6.07) is 2.03. The van der Waals surface area contributed by atoms with Crippen molar-refractivity contribution in [3.8, 4) is 0 Å². The molecule has 1 saturated heterocycles. The summed E-state index contributed by atoms with van der Waals surface area (Å²) in [5.41, 5.74) is 9.38. The van der Waals surface area contributed by atoms with Gasteiger partial charge < -0.3 is 15.8 Å². The quantitative estimate of drug-likeness (QED) is 0.378. The average Bonchev–Trinajstić information content (AvgIpc) is 2.85. The molecule has 1 aromatic heterocycles. The summed E-state index contributed by atoms with van der Waals surface area (Å²) < 4.78 is 0. The van der Waals surface area contributed by atoms with Crippen LogP contribution >= 0.6 is 0 Å². The highest BCUT2D eigenvalue weighted by Gasteiger charge is 2.25. The number of amidine groups is 1. The second-order valence-electron chi connectivity index (χ2n) is 5.24. The van der Waals surface area contributed by atoms with Crippen LogP contribution in [0.4, 0.5) is 5.69 Å². The first-order valence-corrected chi connectivity index (χ1v) is 6.77. The van der Waals surface area contributed by atoms with E-state index in [1.165, 1.54) is 12.8 Å². The van der Waals surface area contributed by atoms with Gasteiger partial charge in [-0.2, -0.15) is 0 Å². The minimum atomic E-state index is 0.139. The maximum Gasteiger partial charge on any atom is 0.174 e. The smallest absolute Gasteiger partial charge is 0.174 e. The van der Waals surface area contributed by atoms with Crippen molar-refractivity contribution in [1.29, 1.82) is 0 Å². The lowest BCUT2D eigenvalue weighted by Crippen LogP contribution is -2.26. The van der Waals surface area contributed by atoms with Gasteiger partial charge in [0.25, 0.3) is 0 Å². The fraction of sp³-hybridized carbons (Fsp3) is 0.571. The molecule has 1 unspecified atom stereocenters. The van der Waals surface area contributed by atoms with Crippen LogP contribution in [0.3, 0.4) is 0 Å². The molecule has 0 spiro atoms. The van der Waals surface area contributed by atoms with Crippen LogP contribution in [0, 0.1) is 19.8 Å². The summed E-state index contributed by atoms with van der Waals surface area (Å²) >= 11 is 0. The molecule has 19 heavy (non-hydrogen) atoms. The SMILES string of the molecule is CCC1CCN(c2cc(C)nc(C)c2/C(N)=N/O)C1. The van der Waals surface area contributed by atoms with Crippen molar-refractivity contribution in [2.45, 2.75) is 33.6 Å². The van der Waals surface area contributed by atoms with Gasteiger partial charge in [0.15, 0.2) is 5.84 Å². The van der Waals surface area contributed by atoms with Crippen LogP contribution in [0.2, 0.25) is 0 Å². The van der Waals surface area contributed by atoms with Gasteiger partial charge in [0.1, 0.15) is 0 Å². The van der Waals surface area contributed by atoms with E-state index >= 15 is 0 Å². The Morgan fingerprint density at radius 3 is 2.89 bits per heavy atom. The monoisotopic (exact) mass is 262 g/mol. The van der Waals surface area contributed by atoms with E-state index in [4.69, 9.17) is 10.9 Å². The first-order chi connectivity index (χ1) is 9.06. The number of anilines is 1. The lowest BCUT2D eigenvalue weighted by Gasteiger charge is -2.23. The van der Waals surface area contributed by atoms with Gasteiger partial charge in [-0.3, -0.25) is 4.98 Å². The first-order valence-electron chi connectivity index (χ1n) is 6.77. The Morgan fingerprint density at radius 2 is 2.32 bits per heavy atom. The number of oxime groups is 1. The molecule has 1 atom stereocenters. The zero-order valence-electron chi connectivity index (χ0n) is 11.8. The fourth-order valence-electron chi connectivity index (χ4n) is 2.81. The average molecular weight is 262 g/mol. The predicted octanol–water partition coefficient (Wildman–Crippen LogP) is 2.03. The van der Waals surface area contributed by atoms with E-state index in [0.717, 1.165) is 41.6 Å². The van der Waals surface area contributed by atoms with E-state index in [1.807, 2.05) is 19.9 Å². The van der Waals surface area contributed by atoms with Gasteiger partial charge in [0.05, 0.1) is 16.9 Å². The summed E-state index contributed by atoms with van der Waals surface area (Å²) in [6.07, 6.45) is 2.39. The van der Waals surface area contributed by atoms with E-state index in [1.54, 1.807) is 0 Å². The van der Waals surface area contributed by atoms with Crippen LogP contribution < -0.4 is 10.6 Å². The lowest BCUT2D eigenvalue weighted by molar-refractivity contribution is 0.318. The summed E-state index contributed by atoms with van der Waals surface area (Å²) in [5.74, 6) is 0.869. The highest BCUT2D eigenvalue weighted by Crippen LogP contribution is 2.30. The summed E-state index contributed by atoms with van der Waals surface area (Å²) in [4.78, 5) is 6.74. The third-order valence-electron chi connectivity index (χ3n) is 3.88. The van der Waals surface area contributed by atoms with Crippen molar-refractivity contribution >= 4 is 11.5 Å². The summed E-state index contributed by atoms with van der Waals surface area (Å²) in [7, 11) is 0. The third-order valence-corrected chi connectivity index (χ3v) is 3.88. The molecule has 0 radical (unpaired) electrons. The molecule has 0 aliphatic carbocycles. The largest absolute Gasteiger partial charge is 0.409 e. The Balaban J connectivity index is 2.44. The molecule has 3 N–H and O–H groups in total. The topological polar surface area (TPSA) is 74.7 Å². The molecular weight excluding hydrogens is 240 g/mol. The van der Waals surface area contributed by atoms with Crippen molar-refractivity contribution < 1.29 is 5.21 Å². The fourth-order valence-corrected chi connectivity index (χ4v) is 2.81. The van der Waals surface area contributed by atoms with Crippen LogP contribution in [0.15, 0.2) is 11.2 Å². The second kappa shape index (κ2) is 5.47. The Kier molecular flexibility index (Phi) is 3.93. The van der Waals surface area contributed by atoms with Gasteiger partial charge in [0.2, 0.25) is 0 Å². The molecule has 0 amide bonds. The zero-order chi connectivity index (χ0) is 14.0. The highest BCUT2D eigenvalue weighted by molar-refractivity contribution is 6.03. The van der Waals surface area contributed by atoms with E-state index in [9.17, 15) is 0 Å². The molecule has 1 fully saturated rings. The molecule has 0 saturated carbocycles. The van der Waals surface area contributed by atoms with Crippen molar-refractivity contribution in [3.63, 3.8) is 0 Å². The van der Waals surface area contributed by atoms with Crippen LogP contribution in [0.1, 0.15) is 36.7 Å². The Labute approximate surface area is 114 Å². The van der Waals surface area contributed by atoms with E-state index in [2.05, 4.69) is 22.0 Å². The molecule has 5 nitrogen and oxygen atoms in total. The van der Waals surface area contributed by atoms with Gasteiger partial charge in [-0.15, -0.1) is 0 Å². The van der Waals surface area contributed by atoms with Crippen LogP contribution in [0.5, 0.6) is 0 Å². The predicted molar refractivity (Wildman–Crippen MR) is 76.8 cm³/mol. The molecule has 2 heterocycles. The van der Waals surface area contributed by atoms with E-state index in [0.29, 0.717) is 0 Å². The maximum atomic E-state index is 8.96. The molecule has 1 aliphatic heterocycles. The van der Waals surface area contributed by atoms with E-state index < -0.39 is 0 Å². The second-order valence-corrected chi connectivity index (χ2v) is 5.24. The van der Waals surface area contributed by atoms with Gasteiger partial charge in [-0.1, -0.05) is 18.5 Å². The van der Waals surface area contributed by atoms with Crippen LogP contribution in [-0.2, 0) is 0 Å². The summed E-state index contributed by atoms with van der Waals surface area (Å²) in [5, 5.41) is 12.1. The molecule has 1 aromatic rings. The van der Waals surface area contributed by atoms with Crippen molar-refractivity contribution in [2.24, 2.45) is 16.8 Å². The molecule has 5 heteroatoms. The van der Waals surface area contributed by atoms with Crippen LogP contribution in [0.25, 0.3) is 0 Å². The Morgan fingerprint density at radius 1 is 1.58 bits per heavy atom. The number of pyridine rings is 1. The normalized spacial score (nSPS) is 20.1. The number of nitrogens with two attached hydrogens (primary N) is 1. The van der Waals surface area contributed by atoms with Crippen LogP contribution in [-0.4, -0.2) is 29.1 Å². The number of aromatic nitrogens is 1. The van der Waals surface area contributed by atoms with Crippen molar-refractivity contribution in [1.82, 2.24) is 4.98 Å². The third kappa shape index (κ3) is 2.64. The number of hydrogen-bond acceptors (Lipinski definition) is 4. The van der Waals surface area contributed by atoms with Crippen molar-refractivity contribution in [2.75, 3.05) is 18.0 Å². The van der Waals surface area contributed by atoms with Gasteiger partial charge in [0, 0.05) is 18.8 Å². The number of aryl methyl sites for hydroxylation is 2. The first kappa shape index (κ1) is 13.6. The van der Waals surface area contributed by atoms with E-state index in [-0.39, 0.29) is 5.84 Å². The van der Waals surface area contributed by atoms with Crippen molar-refractivity contribution in [3.05, 3.63) is 23.0 Å². The summed E-state index contributed by atoms with van der Waals surface area (Å²) in [6.45, 7) is 8.15. The molecule has 2 rings (SSSR count). The zero-order valence-corrected chi connectivity index (χ0v) is 11.8. The minimum absolute atomic E-state index is 0.139. The molecule has 0 bridgehead atoms. The minimum Gasteiger partial charge on any atom is -0.409 e. The highest BCUT2D eigenvalue weighted by atomic mass is 16.4. The van der Waals surface area contributed by atoms with Gasteiger partial charge in [-0.25, -0.2) is 0 Å². The number of nitrogens with zero attached hydrogens (tertiary/aromatic N) is 3. The van der Waals surface area contributed by atoms with Gasteiger partial charge >= 0.3 is 0 Å².